The van der Waals surface area contributed by atoms with Gasteiger partial charge in [0.05, 0.1) is 6.61 Å². The van der Waals surface area contributed by atoms with Crippen molar-refractivity contribution in [1.82, 2.24) is 4.98 Å². The number of aromatic nitrogens is 1. The van der Waals surface area contributed by atoms with E-state index in [1.165, 1.54) is 24.1 Å². The van der Waals surface area contributed by atoms with E-state index in [9.17, 15) is 0 Å². The molecule has 0 bridgehead atoms. The predicted octanol–water partition coefficient (Wildman–Crippen LogP) is 2.02. The van der Waals surface area contributed by atoms with E-state index in [0.29, 0.717) is 12.6 Å². The van der Waals surface area contributed by atoms with Crippen molar-refractivity contribution in [2.24, 2.45) is 0 Å². The summed E-state index contributed by atoms with van der Waals surface area (Å²) in [7, 11) is 1.72. The van der Waals surface area contributed by atoms with Crippen LogP contribution in [0.1, 0.15) is 24.6 Å². The van der Waals surface area contributed by atoms with Gasteiger partial charge in [-0.15, -0.1) is 0 Å². The lowest BCUT2D eigenvalue weighted by atomic mass is 10.2. The summed E-state index contributed by atoms with van der Waals surface area (Å²) in [6.07, 6.45) is 3.57. The minimum Gasteiger partial charge on any atom is -0.383 e. The summed E-state index contributed by atoms with van der Waals surface area (Å²) in [5.74, 6) is 0.972. The molecule has 1 heterocycles. The average Bonchev–Trinajstić information content (AvgIpc) is 2.65. The lowest BCUT2D eigenvalue weighted by Gasteiger charge is -2.14. The van der Waals surface area contributed by atoms with Gasteiger partial charge in [-0.05, 0) is 37.8 Å². The van der Waals surface area contributed by atoms with Crippen molar-refractivity contribution >= 4 is 5.82 Å². The van der Waals surface area contributed by atoms with Gasteiger partial charge in [0.15, 0.2) is 0 Å². The molecule has 1 aliphatic rings. The molecule has 3 nitrogen and oxygen atoms in total. The van der Waals surface area contributed by atoms with Crippen molar-refractivity contribution in [3.8, 4) is 0 Å². The molecule has 2 rings (SSSR count). The van der Waals surface area contributed by atoms with Crippen LogP contribution in [0.5, 0.6) is 0 Å². The summed E-state index contributed by atoms with van der Waals surface area (Å²) in [6.45, 7) is 2.80. The lowest BCUT2D eigenvalue weighted by Crippen LogP contribution is -2.21. The number of fused-ring (bicyclic) bond motifs is 1. The Morgan fingerprint density at radius 2 is 2.33 bits per heavy atom. The van der Waals surface area contributed by atoms with Crippen LogP contribution in [0.3, 0.4) is 0 Å². The van der Waals surface area contributed by atoms with Crippen molar-refractivity contribution in [2.75, 3.05) is 19.0 Å². The van der Waals surface area contributed by atoms with Crippen LogP contribution in [0.25, 0.3) is 0 Å². The van der Waals surface area contributed by atoms with Crippen molar-refractivity contribution in [3.05, 3.63) is 23.4 Å². The molecule has 1 aromatic heterocycles. The largest absolute Gasteiger partial charge is 0.383 e. The Balaban J connectivity index is 2.03. The van der Waals surface area contributed by atoms with E-state index < -0.39 is 0 Å². The second kappa shape index (κ2) is 4.62. The molecule has 0 radical (unpaired) electrons. The molecular formula is C12H18N2O. The molecule has 15 heavy (non-hydrogen) atoms. The molecule has 0 aromatic carbocycles. The summed E-state index contributed by atoms with van der Waals surface area (Å²) in [5.41, 5.74) is 2.68. The normalized spacial score (nSPS) is 16.1. The van der Waals surface area contributed by atoms with Gasteiger partial charge in [-0.25, -0.2) is 4.98 Å². The highest BCUT2D eigenvalue weighted by molar-refractivity contribution is 5.41. The van der Waals surface area contributed by atoms with E-state index in [4.69, 9.17) is 4.74 Å². The Morgan fingerprint density at radius 1 is 1.47 bits per heavy atom. The van der Waals surface area contributed by atoms with Gasteiger partial charge in [0.2, 0.25) is 0 Å². The Labute approximate surface area is 90.9 Å². The summed E-state index contributed by atoms with van der Waals surface area (Å²) < 4.78 is 5.08. The molecule has 82 valence electrons. The lowest BCUT2D eigenvalue weighted by molar-refractivity contribution is 0.190. The van der Waals surface area contributed by atoms with Gasteiger partial charge in [-0.3, -0.25) is 0 Å². The first-order valence-electron chi connectivity index (χ1n) is 5.54. The van der Waals surface area contributed by atoms with E-state index >= 15 is 0 Å². The van der Waals surface area contributed by atoms with Crippen LogP contribution in [0.4, 0.5) is 5.82 Å². The maximum absolute atomic E-state index is 5.08. The topological polar surface area (TPSA) is 34.1 Å². The number of pyridine rings is 1. The standard InChI is InChI=1S/C12H18N2O/c1-9(8-15-2)13-12-7-6-10-4-3-5-11(10)14-12/h6-7,9H,3-5,8H2,1-2H3,(H,13,14). The number of rotatable bonds is 4. The number of methoxy groups -OCH3 is 1. The molecule has 1 atom stereocenters. The molecule has 1 N–H and O–H groups in total. The number of hydrogen-bond acceptors (Lipinski definition) is 3. The van der Waals surface area contributed by atoms with Gasteiger partial charge in [0.1, 0.15) is 5.82 Å². The number of nitrogens with zero attached hydrogens (tertiary/aromatic N) is 1. The van der Waals surface area contributed by atoms with Gasteiger partial charge >= 0.3 is 0 Å². The van der Waals surface area contributed by atoms with Crippen molar-refractivity contribution in [2.45, 2.75) is 32.2 Å². The number of hydrogen-bond donors (Lipinski definition) is 1. The zero-order valence-corrected chi connectivity index (χ0v) is 9.42. The van der Waals surface area contributed by atoms with Crippen molar-refractivity contribution in [3.63, 3.8) is 0 Å². The second-order valence-corrected chi connectivity index (χ2v) is 4.16. The molecule has 0 saturated carbocycles. The average molecular weight is 206 g/mol. The van der Waals surface area contributed by atoms with E-state index in [1.807, 2.05) is 0 Å². The molecule has 0 fully saturated rings. The van der Waals surface area contributed by atoms with Crippen molar-refractivity contribution < 1.29 is 4.74 Å². The molecule has 0 aliphatic heterocycles. The first-order valence-corrected chi connectivity index (χ1v) is 5.54. The van der Waals surface area contributed by atoms with Crippen LogP contribution in [-0.2, 0) is 17.6 Å². The van der Waals surface area contributed by atoms with Gasteiger partial charge in [0, 0.05) is 18.8 Å². The molecule has 1 aromatic rings. The third-order valence-electron chi connectivity index (χ3n) is 2.74. The predicted molar refractivity (Wildman–Crippen MR) is 61.2 cm³/mol. The van der Waals surface area contributed by atoms with Gasteiger partial charge < -0.3 is 10.1 Å². The highest BCUT2D eigenvalue weighted by atomic mass is 16.5. The number of anilines is 1. The molecule has 0 amide bonds. The Bertz CT molecular complexity index is 338. The zero-order valence-electron chi connectivity index (χ0n) is 9.42. The monoisotopic (exact) mass is 206 g/mol. The first kappa shape index (κ1) is 10.4. The Kier molecular flexibility index (Phi) is 3.21. The molecule has 0 spiro atoms. The summed E-state index contributed by atoms with van der Waals surface area (Å²) in [4.78, 5) is 4.61. The van der Waals surface area contributed by atoms with Crippen LogP contribution in [0.15, 0.2) is 12.1 Å². The number of aryl methyl sites for hydroxylation is 2. The summed E-state index contributed by atoms with van der Waals surface area (Å²) >= 11 is 0. The Hall–Kier alpha value is -1.09. The first-order chi connectivity index (χ1) is 7.29. The highest BCUT2D eigenvalue weighted by Gasteiger charge is 2.12. The molecule has 1 aliphatic carbocycles. The minimum atomic E-state index is 0.307. The van der Waals surface area contributed by atoms with Crippen LogP contribution < -0.4 is 5.32 Å². The molecule has 3 heteroatoms. The third kappa shape index (κ3) is 2.48. The summed E-state index contributed by atoms with van der Waals surface area (Å²) in [5, 5.41) is 3.34. The molecule has 1 unspecified atom stereocenters. The zero-order chi connectivity index (χ0) is 10.7. The highest BCUT2D eigenvalue weighted by Crippen LogP contribution is 2.21. The smallest absolute Gasteiger partial charge is 0.126 e. The number of ether oxygens (including phenoxy) is 1. The number of nitrogens with one attached hydrogen (secondary N) is 1. The van der Waals surface area contributed by atoms with E-state index in [-0.39, 0.29) is 0 Å². The second-order valence-electron chi connectivity index (χ2n) is 4.16. The minimum absolute atomic E-state index is 0.307. The van der Waals surface area contributed by atoms with Crippen LogP contribution >= 0.6 is 0 Å². The van der Waals surface area contributed by atoms with Crippen LogP contribution in [0.2, 0.25) is 0 Å². The fourth-order valence-electron chi connectivity index (χ4n) is 2.05. The maximum Gasteiger partial charge on any atom is 0.126 e. The van der Waals surface area contributed by atoms with Gasteiger partial charge in [0.25, 0.3) is 0 Å². The van der Waals surface area contributed by atoms with Gasteiger partial charge in [-0.1, -0.05) is 6.07 Å². The maximum atomic E-state index is 5.08. The van der Waals surface area contributed by atoms with E-state index in [2.05, 4.69) is 29.4 Å². The van der Waals surface area contributed by atoms with Crippen molar-refractivity contribution in [1.29, 1.82) is 0 Å². The van der Waals surface area contributed by atoms with E-state index in [1.54, 1.807) is 7.11 Å². The quantitative estimate of drug-likeness (QED) is 0.818. The molecule has 0 saturated heterocycles. The van der Waals surface area contributed by atoms with E-state index in [0.717, 1.165) is 12.2 Å². The third-order valence-corrected chi connectivity index (χ3v) is 2.74. The van der Waals surface area contributed by atoms with Gasteiger partial charge in [-0.2, -0.15) is 0 Å². The SMILES string of the molecule is COCC(C)Nc1ccc2c(n1)CCC2. The molecular weight excluding hydrogens is 188 g/mol. The fourth-order valence-corrected chi connectivity index (χ4v) is 2.05. The fraction of sp³-hybridized carbons (Fsp3) is 0.583. The van der Waals surface area contributed by atoms with Crippen LogP contribution in [-0.4, -0.2) is 24.7 Å². The van der Waals surface area contributed by atoms with Crippen LogP contribution in [0, 0.1) is 0 Å². The summed E-state index contributed by atoms with van der Waals surface area (Å²) in [6, 6.07) is 4.56. The Morgan fingerprint density at radius 3 is 3.13 bits per heavy atom.